The zero-order chi connectivity index (χ0) is 33.1. The Bertz CT molecular complexity index is 1180. The highest BCUT2D eigenvalue weighted by Crippen LogP contribution is 2.63. The molecule has 3 aliphatic carbocycles. The van der Waals surface area contributed by atoms with Crippen LogP contribution in [0.2, 0.25) is 0 Å². The van der Waals surface area contributed by atoms with Crippen LogP contribution in [0.4, 0.5) is 0 Å². The Kier molecular flexibility index (Phi) is 11.5. The second-order valence-corrected chi connectivity index (χ2v) is 14.3. The SMILES string of the molecule is C/C=C(\C)C(=O)OCC1=CC2C(=O)C3(C=C(C)C(O)C3(O)C1O)[C@H](C)C[C@@](C)(OC(=O)CCCCCCCCCC)C2(C)C. The molecule has 44 heavy (non-hydrogen) atoms. The summed E-state index contributed by atoms with van der Waals surface area (Å²) >= 11 is 0. The Balaban J connectivity index is 1.96. The molecule has 7 atom stereocenters. The van der Waals surface area contributed by atoms with Crippen molar-refractivity contribution in [3.8, 4) is 0 Å². The third-order valence-electron chi connectivity index (χ3n) is 11.1. The summed E-state index contributed by atoms with van der Waals surface area (Å²) in [5, 5.41) is 35.4. The number of esters is 2. The molecular weight excluding hydrogens is 560 g/mol. The lowest BCUT2D eigenvalue weighted by Crippen LogP contribution is -2.65. The van der Waals surface area contributed by atoms with Crippen molar-refractivity contribution in [2.75, 3.05) is 6.61 Å². The average molecular weight is 617 g/mol. The molecular formula is C36H56O8. The van der Waals surface area contributed by atoms with Gasteiger partial charge in [0.25, 0.3) is 0 Å². The number of rotatable bonds is 13. The zero-order valence-electron chi connectivity index (χ0n) is 28.2. The van der Waals surface area contributed by atoms with Gasteiger partial charge >= 0.3 is 11.9 Å². The first-order valence-electron chi connectivity index (χ1n) is 16.6. The van der Waals surface area contributed by atoms with Crippen LogP contribution in [-0.4, -0.2) is 63.1 Å². The van der Waals surface area contributed by atoms with Gasteiger partial charge in [-0.1, -0.05) is 90.9 Å². The molecule has 3 N–H and O–H groups in total. The molecule has 3 aliphatic rings. The molecule has 1 fully saturated rings. The number of ether oxygens (including phenoxy) is 2. The molecule has 0 aromatic carbocycles. The van der Waals surface area contributed by atoms with E-state index < -0.39 is 52.0 Å². The molecule has 8 heteroatoms. The fourth-order valence-corrected chi connectivity index (χ4v) is 7.73. The number of fused-ring (bicyclic) bond motifs is 1. The molecule has 1 saturated carbocycles. The number of carbonyl (C=O) groups is 3. The molecule has 5 unspecified atom stereocenters. The molecule has 0 aromatic rings. The van der Waals surface area contributed by atoms with Gasteiger partial charge in [-0.3, -0.25) is 9.59 Å². The van der Waals surface area contributed by atoms with Crippen LogP contribution in [0.5, 0.6) is 0 Å². The summed E-state index contributed by atoms with van der Waals surface area (Å²) in [4.78, 5) is 40.6. The summed E-state index contributed by atoms with van der Waals surface area (Å²) in [5.41, 5.74) is -5.19. The van der Waals surface area contributed by atoms with E-state index >= 15 is 0 Å². The van der Waals surface area contributed by atoms with E-state index in [0.717, 1.165) is 25.7 Å². The fourth-order valence-electron chi connectivity index (χ4n) is 7.73. The van der Waals surface area contributed by atoms with Crippen LogP contribution in [-0.2, 0) is 23.9 Å². The second kappa shape index (κ2) is 14.0. The van der Waals surface area contributed by atoms with Crippen molar-refractivity contribution in [1.29, 1.82) is 0 Å². The third kappa shape index (κ3) is 6.23. The van der Waals surface area contributed by atoms with E-state index in [1.807, 2.05) is 20.8 Å². The van der Waals surface area contributed by atoms with Gasteiger partial charge in [0.2, 0.25) is 0 Å². The number of aliphatic hydroxyl groups excluding tert-OH is 2. The number of unbranched alkanes of at least 4 members (excludes halogenated alkanes) is 7. The first kappa shape index (κ1) is 36.2. The minimum absolute atomic E-state index is 0.127. The second-order valence-electron chi connectivity index (χ2n) is 14.3. The Morgan fingerprint density at radius 2 is 1.61 bits per heavy atom. The first-order valence-corrected chi connectivity index (χ1v) is 16.6. The normalized spacial score (nSPS) is 34.8. The third-order valence-corrected chi connectivity index (χ3v) is 11.1. The summed E-state index contributed by atoms with van der Waals surface area (Å²) in [6.45, 7) is 14.2. The molecule has 248 valence electrons. The maximum Gasteiger partial charge on any atom is 0.333 e. The minimum atomic E-state index is -2.31. The maximum absolute atomic E-state index is 14.7. The van der Waals surface area contributed by atoms with Crippen molar-refractivity contribution in [1.82, 2.24) is 0 Å². The Morgan fingerprint density at radius 1 is 1.02 bits per heavy atom. The van der Waals surface area contributed by atoms with Crippen molar-refractivity contribution in [3.63, 3.8) is 0 Å². The van der Waals surface area contributed by atoms with E-state index in [0.29, 0.717) is 11.1 Å². The van der Waals surface area contributed by atoms with Gasteiger partial charge in [-0.2, -0.15) is 0 Å². The number of carbonyl (C=O) groups excluding carboxylic acids is 3. The monoisotopic (exact) mass is 616 g/mol. The zero-order valence-corrected chi connectivity index (χ0v) is 28.2. The van der Waals surface area contributed by atoms with Crippen molar-refractivity contribution in [2.45, 2.75) is 143 Å². The van der Waals surface area contributed by atoms with Crippen LogP contribution in [0.1, 0.15) is 120 Å². The molecule has 3 rings (SSSR count). The summed E-state index contributed by atoms with van der Waals surface area (Å²) in [6.07, 6.45) is 10.9. The smallest absolute Gasteiger partial charge is 0.333 e. The van der Waals surface area contributed by atoms with Crippen LogP contribution < -0.4 is 0 Å². The maximum atomic E-state index is 14.7. The van der Waals surface area contributed by atoms with E-state index in [1.54, 1.807) is 45.9 Å². The minimum Gasteiger partial charge on any atom is -0.459 e. The highest BCUT2D eigenvalue weighted by Gasteiger charge is 2.73. The molecule has 0 saturated heterocycles. The van der Waals surface area contributed by atoms with Crippen molar-refractivity contribution in [3.05, 3.63) is 34.9 Å². The van der Waals surface area contributed by atoms with E-state index in [-0.39, 0.29) is 36.8 Å². The molecule has 2 bridgehead atoms. The lowest BCUT2D eigenvalue weighted by atomic mass is 9.59. The lowest BCUT2D eigenvalue weighted by molar-refractivity contribution is -0.192. The topological polar surface area (TPSA) is 130 Å². The lowest BCUT2D eigenvalue weighted by Gasteiger charge is -2.48. The van der Waals surface area contributed by atoms with Gasteiger partial charge in [0.15, 0.2) is 5.78 Å². The average Bonchev–Trinajstić information content (AvgIpc) is 3.12. The molecule has 8 nitrogen and oxygen atoms in total. The van der Waals surface area contributed by atoms with Gasteiger partial charge < -0.3 is 24.8 Å². The van der Waals surface area contributed by atoms with Gasteiger partial charge in [0.05, 0.1) is 5.41 Å². The summed E-state index contributed by atoms with van der Waals surface area (Å²) in [6, 6.07) is 0. The molecule has 0 amide bonds. The van der Waals surface area contributed by atoms with E-state index in [4.69, 9.17) is 9.47 Å². The van der Waals surface area contributed by atoms with Crippen LogP contribution in [0, 0.1) is 22.7 Å². The van der Waals surface area contributed by atoms with Crippen LogP contribution >= 0.6 is 0 Å². The molecule has 0 radical (unpaired) electrons. The van der Waals surface area contributed by atoms with Gasteiger partial charge in [-0.15, -0.1) is 0 Å². The Hall–Kier alpha value is -2.29. The van der Waals surface area contributed by atoms with Crippen LogP contribution in [0.3, 0.4) is 0 Å². The van der Waals surface area contributed by atoms with Crippen LogP contribution in [0.15, 0.2) is 34.9 Å². The quantitative estimate of drug-likeness (QED) is 0.101. The number of ketones is 1. The number of hydrogen-bond donors (Lipinski definition) is 3. The number of allylic oxidation sites excluding steroid dienone is 2. The van der Waals surface area contributed by atoms with Gasteiger partial charge in [-0.05, 0) is 57.6 Å². The summed E-state index contributed by atoms with van der Waals surface area (Å²) in [7, 11) is 0. The predicted molar refractivity (Wildman–Crippen MR) is 169 cm³/mol. The molecule has 0 heterocycles. The Morgan fingerprint density at radius 3 is 2.20 bits per heavy atom. The fraction of sp³-hybridized carbons (Fsp3) is 0.750. The van der Waals surface area contributed by atoms with Crippen LogP contribution in [0.25, 0.3) is 0 Å². The number of Topliss-reactive ketones (excluding diaryl/α,β-unsaturated/α-hetero) is 1. The molecule has 1 spiro atoms. The highest BCUT2D eigenvalue weighted by atomic mass is 16.6. The van der Waals surface area contributed by atoms with Gasteiger partial charge in [-0.25, -0.2) is 4.79 Å². The number of hydrogen-bond acceptors (Lipinski definition) is 8. The number of aliphatic hydroxyl groups is 3. The Labute approximate surface area is 264 Å². The largest absolute Gasteiger partial charge is 0.459 e. The van der Waals surface area contributed by atoms with Crippen molar-refractivity contribution < 1.29 is 39.2 Å². The summed E-state index contributed by atoms with van der Waals surface area (Å²) < 4.78 is 11.8. The van der Waals surface area contributed by atoms with Crippen molar-refractivity contribution >= 4 is 17.7 Å². The molecule has 0 aromatic heterocycles. The predicted octanol–water partition coefficient (Wildman–Crippen LogP) is 5.92. The molecule has 0 aliphatic heterocycles. The van der Waals surface area contributed by atoms with E-state index in [9.17, 15) is 29.7 Å². The standard InChI is InChI=1S/C36H56O8/c1-9-11-12-13-14-15-16-17-18-28(37)44-34(8)21-25(5)35-20-24(4)29(38)36(35,42)30(39)26(22-43-32(41)23(3)10-2)19-27(31(35)40)33(34,6)7/h10,19-20,25,27,29-30,38-39,42H,9,11-18,21-22H2,1-8H3/b23-10+/t25-,27?,29?,30?,34-,35?,36?/m1/s1. The van der Waals surface area contributed by atoms with Gasteiger partial charge in [0.1, 0.15) is 30.0 Å². The summed E-state index contributed by atoms with van der Waals surface area (Å²) in [5.74, 6) is -2.82. The van der Waals surface area contributed by atoms with E-state index in [1.165, 1.54) is 25.7 Å². The van der Waals surface area contributed by atoms with Gasteiger partial charge in [0, 0.05) is 23.3 Å². The van der Waals surface area contributed by atoms with Crippen molar-refractivity contribution in [2.24, 2.45) is 22.7 Å². The van der Waals surface area contributed by atoms with E-state index in [2.05, 4.69) is 6.92 Å². The first-order chi connectivity index (χ1) is 20.5. The highest BCUT2D eigenvalue weighted by molar-refractivity contribution is 5.95.